The second kappa shape index (κ2) is 7.03. The van der Waals surface area contributed by atoms with E-state index in [9.17, 15) is 13.2 Å². The smallest absolute Gasteiger partial charge is 0.305 e. The van der Waals surface area contributed by atoms with Gasteiger partial charge in [0.2, 0.25) is 10.0 Å². The number of ether oxygens (including phenoxy) is 1. The van der Waals surface area contributed by atoms with Crippen molar-refractivity contribution >= 4 is 27.6 Å². The molecule has 0 rings (SSSR count). The number of esters is 1. The number of carbonyl (C=O) groups excluding carboxylic acids is 1. The van der Waals surface area contributed by atoms with Gasteiger partial charge in [0.25, 0.3) is 0 Å². The zero-order chi connectivity index (χ0) is 11.0. The van der Waals surface area contributed by atoms with Crippen molar-refractivity contribution in [1.82, 2.24) is 4.72 Å². The minimum absolute atomic E-state index is 0.202. The van der Waals surface area contributed by atoms with Gasteiger partial charge < -0.3 is 4.74 Å². The quantitative estimate of drug-likeness (QED) is 0.400. The number of alkyl halides is 1. The summed E-state index contributed by atoms with van der Waals surface area (Å²) in [5.41, 5.74) is 0. The summed E-state index contributed by atoms with van der Waals surface area (Å²) in [5, 5.41) is -0.466. The molecular weight excluding hydrogens is 230 g/mol. The number of sulfonamides is 1. The SMILES string of the molecule is CCOC(=O)CCCNS(=O)(=O)CCl. The molecule has 0 fully saturated rings. The summed E-state index contributed by atoms with van der Waals surface area (Å²) in [6.07, 6.45) is 0.619. The van der Waals surface area contributed by atoms with E-state index in [-0.39, 0.29) is 18.9 Å². The van der Waals surface area contributed by atoms with E-state index in [1.165, 1.54) is 0 Å². The normalized spacial score (nSPS) is 11.3. The standard InChI is InChI=1S/C7H14ClNO4S/c1-2-13-7(10)4-3-5-9-14(11,12)6-8/h9H,2-6H2,1H3. The van der Waals surface area contributed by atoms with Gasteiger partial charge in [0.15, 0.2) is 0 Å². The first-order valence-electron chi connectivity index (χ1n) is 4.20. The summed E-state index contributed by atoms with van der Waals surface area (Å²) >= 11 is 5.14. The van der Waals surface area contributed by atoms with Crippen molar-refractivity contribution in [1.29, 1.82) is 0 Å². The van der Waals surface area contributed by atoms with Crippen LogP contribution in [0.5, 0.6) is 0 Å². The lowest BCUT2D eigenvalue weighted by Crippen LogP contribution is -2.26. The van der Waals surface area contributed by atoms with E-state index in [1.54, 1.807) is 6.92 Å². The van der Waals surface area contributed by atoms with E-state index in [4.69, 9.17) is 11.6 Å². The van der Waals surface area contributed by atoms with E-state index in [0.717, 1.165) is 0 Å². The maximum absolute atomic E-state index is 10.8. The number of nitrogens with one attached hydrogen (secondary N) is 1. The van der Waals surface area contributed by atoms with Gasteiger partial charge in [-0.25, -0.2) is 13.1 Å². The summed E-state index contributed by atoms with van der Waals surface area (Å²) in [5.74, 6) is -0.322. The van der Waals surface area contributed by atoms with Crippen LogP contribution in [0.4, 0.5) is 0 Å². The lowest BCUT2D eigenvalue weighted by molar-refractivity contribution is -0.143. The highest BCUT2D eigenvalue weighted by Gasteiger charge is 2.07. The summed E-state index contributed by atoms with van der Waals surface area (Å²) < 4.78 is 28.5. The lowest BCUT2D eigenvalue weighted by atomic mass is 10.3. The molecule has 0 spiro atoms. The fourth-order valence-electron chi connectivity index (χ4n) is 0.732. The van der Waals surface area contributed by atoms with E-state index >= 15 is 0 Å². The average molecular weight is 244 g/mol. The van der Waals surface area contributed by atoms with Crippen molar-refractivity contribution in [3.05, 3.63) is 0 Å². The summed E-state index contributed by atoms with van der Waals surface area (Å²) in [6.45, 7) is 2.26. The highest BCUT2D eigenvalue weighted by Crippen LogP contribution is 1.93. The van der Waals surface area contributed by atoms with Gasteiger partial charge in [-0.15, -0.1) is 11.6 Å². The molecule has 84 valence electrons. The Balaban J connectivity index is 3.52. The van der Waals surface area contributed by atoms with Gasteiger partial charge >= 0.3 is 5.97 Å². The zero-order valence-corrected chi connectivity index (χ0v) is 9.53. The van der Waals surface area contributed by atoms with Crippen LogP contribution in [0.1, 0.15) is 19.8 Å². The van der Waals surface area contributed by atoms with Crippen molar-refractivity contribution < 1.29 is 17.9 Å². The van der Waals surface area contributed by atoms with Crippen molar-refractivity contribution in [2.24, 2.45) is 0 Å². The molecule has 0 atom stereocenters. The van der Waals surface area contributed by atoms with E-state index in [0.29, 0.717) is 13.0 Å². The molecule has 0 amide bonds. The highest BCUT2D eigenvalue weighted by molar-refractivity contribution is 7.90. The van der Waals surface area contributed by atoms with E-state index < -0.39 is 15.2 Å². The number of rotatable bonds is 7. The molecule has 0 unspecified atom stereocenters. The predicted molar refractivity (Wildman–Crippen MR) is 53.5 cm³/mol. The first-order valence-corrected chi connectivity index (χ1v) is 6.39. The molecule has 0 saturated carbocycles. The number of halogens is 1. The van der Waals surface area contributed by atoms with E-state index in [1.807, 2.05) is 0 Å². The van der Waals surface area contributed by atoms with Crippen LogP contribution in [0, 0.1) is 0 Å². The molecule has 14 heavy (non-hydrogen) atoms. The Bertz CT molecular complexity index is 265. The lowest BCUT2D eigenvalue weighted by Gasteiger charge is -2.03. The molecule has 0 heterocycles. The van der Waals surface area contributed by atoms with Crippen LogP contribution >= 0.6 is 11.6 Å². The topological polar surface area (TPSA) is 72.5 Å². The van der Waals surface area contributed by atoms with Crippen LogP contribution in [0.15, 0.2) is 0 Å². The zero-order valence-electron chi connectivity index (χ0n) is 7.95. The van der Waals surface area contributed by atoms with Gasteiger partial charge in [-0.05, 0) is 13.3 Å². The molecule has 0 radical (unpaired) electrons. The van der Waals surface area contributed by atoms with Crippen molar-refractivity contribution in [3.63, 3.8) is 0 Å². The van der Waals surface area contributed by atoms with Crippen molar-refractivity contribution in [2.45, 2.75) is 19.8 Å². The maximum atomic E-state index is 10.8. The van der Waals surface area contributed by atoms with Crippen LogP contribution in [0.2, 0.25) is 0 Å². The molecule has 0 bridgehead atoms. The third kappa shape index (κ3) is 7.11. The van der Waals surface area contributed by atoms with Gasteiger partial charge in [-0.1, -0.05) is 0 Å². The Morgan fingerprint density at radius 1 is 1.50 bits per heavy atom. The predicted octanol–water partition coefficient (Wildman–Crippen LogP) is 0.445. The minimum Gasteiger partial charge on any atom is -0.466 e. The van der Waals surface area contributed by atoms with Crippen LogP contribution in [-0.2, 0) is 19.6 Å². The van der Waals surface area contributed by atoms with Gasteiger partial charge in [0.05, 0.1) is 6.61 Å². The minimum atomic E-state index is -3.37. The second-order valence-corrected chi connectivity index (χ2v) is 4.92. The Hall–Kier alpha value is -0.330. The molecule has 0 aliphatic rings. The fraction of sp³-hybridized carbons (Fsp3) is 0.857. The van der Waals surface area contributed by atoms with Crippen molar-refractivity contribution in [2.75, 3.05) is 18.4 Å². The Kier molecular flexibility index (Phi) is 6.86. The first-order chi connectivity index (χ1) is 6.52. The first kappa shape index (κ1) is 13.7. The third-order valence-corrected chi connectivity index (χ3v) is 3.12. The molecule has 0 aliphatic heterocycles. The Morgan fingerprint density at radius 2 is 2.14 bits per heavy atom. The molecule has 0 aliphatic carbocycles. The molecule has 0 saturated heterocycles. The van der Waals surface area contributed by atoms with Crippen LogP contribution in [0.25, 0.3) is 0 Å². The Morgan fingerprint density at radius 3 is 2.64 bits per heavy atom. The number of hydrogen-bond donors (Lipinski definition) is 1. The van der Waals surface area contributed by atoms with Gasteiger partial charge in [-0.3, -0.25) is 4.79 Å². The van der Waals surface area contributed by atoms with Gasteiger partial charge in [0.1, 0.15) is 5.21 Å². The average Bonchev–Trinajstić information content (AvgIpc) is 2.13. The van der Waals surface area contributed by atoms with Crippen LogP contribution in [-0.4, -0.2) is 32.8 Å². The summed E-state index contributed by atoms with van der Waals surface area (Å²) in [7, 11) is -3.37. The molecular formula is C7H14ClNO4S. The molecule has 7 heteroatoms. The maximum Gasteiger partial charge on any atom is 0.305 e. The largest absolute Gasteiger partial charge is 0.466 e. The van der Waals surface area contributed by atoms with Gasteiger partial charge in [0, 0.05) is 13.0 Å². The van der Waals surface area contributed by atoms with Crippen LogP contribution in [0.3, 0.4) is 0 Å². The van der Waals surface area contributed by atoms with Crippen LogP contribution < -0.4 is 4.72 Å². The van der Waals surface area contributed by atoms with Crippen molar-refractivity contribution in [3.8, 4) is 0 Å². The third-order valence-electron chi connectivity index (χ3n) is 1.33. The number of carbonyl (C=O) groups is 1. The van der Waals surface area contributed by atoms with E-state index in [2.05, 4.69) is 9.46 Å². The Labute approximate surface area is 88.8 Å². The number of hydrogen-bond acceptors (Lipinski definition) is 4. The molecule has 0 aromatic rings. The second-order valence-electron chi connectivity index (χ2n) is 2.53. The van der Waals surface area contributed by atoms with Gasteiger partial charge in [-0.2, -0.15) is 0 Å². The fourth-order valence-corrected chi connectivity index (χ4v) is 1.50. The molecule has 0 aromatic carbocycles. The monoisotopic (exact) mass is 243 g/mol. The molecule has 0 aromatic heterocycles. The summed E-state index contributed by atoms with van der Waals surface area (Å²) in [6, 6.07) is 0. The molecule has 1 N–H and O–H groups in total. The summed E-state index contributed by atoms with van der Waals surface area (Å²) in [4.78, 5) is 10.8. The molecule has 5 nitrogen and oxygen atoms in total. The highest BCUT2D eigenvalue weighted by atomic mass is 35.5.